The molecule has 16 heteroatoms. The van der Waals surface area contributed by atoms with Gasteiger partial charge >= 0.3 is 13.7 Å². The van der Waals surface area contributed by atoms with E-state index < -0.39 is 63.0 Å². The lowest BCUT2D eigenvalue weighted by Crippen LogP contribution is -2.42. The van der Waals surface area contributed by atoms with Crippen molar-refractivity contribution < 1.29 is 37.4 Å². The topological polar surface area (TPSA) is 159 Å². The monoisotopic (exact) mass is 690 g/mol. The summed E-state index contributed by atoms with van der Waals surface area (Å²) in [6.45, 7) is 5.61. The maximum atomic E-state index is 16.3. The van der Waals surface area contributed by atoms with Crippen molar-refractivity contribution in [3.63, 3.8) is 0 Å². The van der Waals surface area contributed by atoms with Crippen molar-refractivity contribution in [3.05, 3.63) is 77.8 Å². The van der Waals surface area contributed by atoms with Gasteiger partial charge in [-0.2, -0.15) is 15.1 Å². The Morgan fingerprint density at radius 2 is 1.83 bits per heavy atom. The highest BCUT2D eigenvalue weighted by atomic mass is 35.5. The number of alkyl halides is 1. The minimum absolute atomic E-state index is 0.0943. The van der Waals surface area contributed by atoms with Gasteiger partial charge in [0.2, 0.25) is 5.28 Å². The number of rotatable bonds is 14. The highest BCUT2D eigenvalue weighted by Gasteiger charge is 2.56. The Balaban J connectivity index is 1.38. The molecular weight excluding hydrogens is 654 g/mol. The Morgan fingerprint density at radius 1 is 1.15 bits per heavy atom. The lowest BCUT2D eigenvalue weighted by atomic mass is 9.82. The van der Waals surface area contributed by atoms with Crippen molar-refractivity contribution in [1.29, 1.82) is 0 Å². The Bertz CT molecular complexity index is 1720. The van der Waals surface area contributed by atoms with Crippen LogP contribution in [0.1, 0.15) is 39.5 Å². The van der Waals surface area contributed by atoms with Gasteiger partial charge in [-0.3, -0.25) is 13.9 Å². The van der Waals surface area contributed by atoms with Crippen LogP contribution in [0.25, 0.3) is 11.2 Å². The molecule has 1 fully saturated rings. The average molecular weight is 691 g/mol. The minimum Gasteiger partial charge on any atom is -0.462 e. The van der Waals surface area contributed by atoms with E-state index in [1.54, 1.807) is 44.2 Å². The summed E-state index contributed by atoms with van der Waals surface area (Å²) in [7, 11) is -4.30. The number of benzene rings is 2. The van der Waals surface area contributed by atoms with Crippen LogP contribution in [0.15, 0.2) is 67.0 Å². The van der Waals surface area contributed by atoms with Crippen molar-refractivity contribution in [2.45, 2.75) is 64.9 Å². The van der Waals surface area contributed by atoms with Crippen LogP contribution in [0.5, 0.6) is 5.75 Å². The number of ether oxygens (including phenoxy) is 2. The first-order valence-electron chi connectivity index (χ1n) is 15.0. The van der Waals surface area contributed by atoms with Gasteiger partial charge in [0.15, 0.2) is 29.4 Å². The van der Waals surface area contributed by atoms with E-state index in [0.29, 0.717) is 17.9 Å². The van der Waals surface area contributed by atoms with Crippen LogP contribution in [0.4, 0.5) is 10.2 Å². The van der Waals surface area contributed by atoms with Crippen molar-refractivity contribution in [2.24, 2.45) is 5.41 Å². The van der Waals surface area contributed by atoms with Crippen molar-refractivity contribution >= 4 is 42.3 Å². The van der Waals surface area contributed by atoms with Gasteiger partial charge in [-0.1, -0.05) is 55.5 Å². The largest absolute Gasteiger partial charge is 0.462 e. The molecule has 3 N–H and O–H groups in total. The molecule has 2 aromatic heterocycles. The van der Waals surface area contributed by atoms with E-state index in [1.165, 1.54) is 24.7 Å². The summed E-state index contributed by atoms with van der Waals surface area (Å²) in [5.74, 6) is -0.132. The molecule has 1 saturated heterocycles. The molecule has 13 nitrogen and oxygen atoms in total. The number of aliphatic hydroxyl groups excluding tert-OH is 1. The summed E-state index contributed by atoms with van der Waals surface area (Å²) >= 11 is 6.26. The van der Waals surface area contributed by atoms with Gasteiger partial charge in [-0.15, -0.1) is 0 Å². The van der Waals surface area contributed by atoms with Gasteiger partial charge in [0.1, 0.15) is 11.8 Å². The summed E-state index contributed by atoms with van der Waals surface area (Å²) in [5, 5.41) is 16.1. The number of esters is 1. The third-order valence-corrected chi connectivity index (χ3v) is 9.47. The predicted octanol–water partition coefficient (Wildman–Crippen LogP) is 5.46. The number of nitrogens with one attached hydrogen (secondary N) is 2. The smallest absolute Gasteiger partial charge is 0.459 e. The SMILES string of the molecule is CC(C)OC(=O)[C@H](C)NP(=O)(OC[C@H]1O[C@@H](n2cnc3c(NCc4ccccc4)nc(Cl)nc32)C(F)C1(C)CO)Oc1ccccc1. The molecule has 0 saturated carbocycles. The molecule has 5 rings (SSSR count). The zero-order valence-corrected chi connectivity index (χ0v) is 27.9. The highest BCUT2D eigenvalue weighted by molar-refractivity contribution is 7.52. The minimum atomic E-state index is -4.30. The van der Waals surface area contributed by atoms with Gasteiger partial charge in [-0.25, -0.2) is 13.9 Å². The fourth-order valence-corrected chi connectivity index (χ4v) is 6.66. The molecule has 1 aliphatic heterocycles. The first kappa shape index (κ1) is 34.7. The normalized spacial score (nSPS) is 23.0. The first-order chi connectivity index (χ1) is 22.4. The van der Waals surface area contributed by atoms with Gasteiger partial charge in [0.05, 0.1) is 37.2 Å². The van der Waals surface area contributed by atoms with Crippen molar-refractivity contribution in [2.75, 3.05) is 18.5 Å². The lowest BCUT2D eigenvalue weighted by molar-refractivity contribution is -0.149. The third kappa shape index (κ3) is 7.91. The van der Waals surface area contributed by atoms with E-state index in [9.17, 15) is 14.5 Å². The Morgan fingerprint density at radius 3 is 2.49 bits per heavy atom. The molecule has 3 unspecified atom stereocenters. The van der Waals surface area contributed by atoms with Crippen LogP contribution in [0.3, 0.4) is 0 Å². The number of aliphatic hydroxyl groups is 1. The fraction of sp³-hybridized carbons (Fsp3) is 0.419. The standard InChI is InChI=1S/C31H37ClFN6O7P/c1-19(2)44-29(41)20(3)38-47(42,46-22-13-9-6-10-14-22)43-16-23-31(4,17-40)25(33)28(45-23)39-18-35-24-26(36-30(32)37-27(24)39)34-15-21-11-7-5-8-12-21/h5-14,18-20,23,25,28,40H,15-17H2,1-4H3,(H,38,42)(H,34,36,37)/t20-,23+,25?,28+,31?,47?/m0/s1. The van der Waals surface area contributed by atoms with Crippen LogP contribution in [-0.2, 0) is 29.9 Å². The molecule has 252 valence electrons. The van der Waals surface area contributed by atoms with E-state index >= 15 is 4.39 Å². The quantitative estimate of drug-likeness (QED) is 0.0873. The van der Waals surface area contributed by atoms with Crippen LogP contribution < -0.4 is 14.9 Å². The molecule has 0 amide bonds. The zero-order valence-electron chi connectivity index (χ0n) is 26.2. The van der Waals surface area contributed by atoms with E-state index in [2.05, 4.69) is 25.4 Å². The average Bonchev–Trinajstić information content (AvgIpc) is 3.57. The molecule has 1 aliphatic rings. The second kappa shape index (κ2) is 14.6. The number of para-hydroxylation sites is 1. The van der Waals surface area contributed by atoms with Gasteiger partial charge in [0, 0.05) is 6.54 Å². The number of imidazole rings is 1. The molecular formula is C31H37ClFN6O7P. The number of hydrogen-bond acceptors (Lipinski definition) is 11. The van der Waals surface area contributed by atoms with Gasteiger partial charge in [-0.05, 0) is 50.1 Å². The summed E-state index contributed by atoms with van der Waals surface area (Å²) in [6, 6.07) is 16.8. The maximum absolute atomic E-state index is 16.3. The van der Waals surface area contributed by atoms with Crippen LogP contribution in [0, 0.1) is 5.41 Å². The predicted molar refractivity (Wildman–Crippen MR) is 173 cm³/mol. The molecule has 0 aliphatic carbocycles. The molecule has 6 atom stereocenters. The number of anilines is 1. The second-order valence-electron chi connectivity index (χ2n) is 11.6. The van der Waals surface area contributed by atoms with Crippen LogP contribution in [0.2, 0.25) is 5.28 Å². The van der Waals surface area contributed by atoms with Crippen LogP contribution in [-0.4, -0.2) is 68.2 Å². The summed E-state index contributed by atoms with van der Waals surface area (Å²) in [5.41, 5.74) is 0.00584. The molecule has 4 aromatic rings. The van der Waals surface area contributed by atoms with Crippen molar-refractivity contribution in [1.82, 2.24) is 24.6 Å². The number of carbonyl (C=O) groups excluding carboxylic acids is 1. The van der Waals surface area contributed by atoms with Crippen LogP contribution >= 0.6 is 19.3 Å². The number of fused-ring (bicyclic) bond motifs is 1. The van der Waals surface area contributed by atoms with Gasteiger partial charge < -0.3 is 24.4 Å². The third-order valence-electron chi connectivity index (χ3n) is 7.65. The fourth-order valence-electron chi connectivity index (χ4n) is 5.00. The Kier molecular flexibility index (Phi) is 10.8. The van der Waals surface area contributed by atoms with E-state index in [0.717, 1.165) is 5.56 Å². The number of halogens is 2. The summed E-state index contributed by atoms with van der Waals surface area (Å²) < 4.78 is 54.5. The number of carbonyl (C=O) groups is 1. The number of nitrogens with zero attached hydrogens (tertiary/aromatic N) is 4. The summed E-state index contributed by atoms with van der Waals surface area (Å²) in [4.78, 5) is 25.5. The molecule has 0 radical (unpaired) electrons. The molecule has 3 heterocycles. The maximum Gasteiger partial charge on any atom is 0.459 e. The second-order valence-corrected chi connectivity index (χ2v) is 13.7. The van der Waals surface area contributed by atoms with Crippen molar-refractivity contribution in [3.8, 4) is 5.75 Å². The molecule has 0 spiro atoms. The Labute approximate surface area is 276 Å². The van der Waals surface area contributed by atoms with E-state index in [1.807, 2.05) is 30.3 Å². The number of hydrogen-bond donors (Lipinski definition) is 3. The molecule has 47 heavy (non-hydrogen) atoms. The lowest BCUT2D eigenvalue weighted by Gasteiger charge is -2.30. The Hall–Kier alpha value is -3.65. The van der Waals surface area contributed by atoms with Gasteiger partial charge in [0.25, 0.3) is 0 Å². The van der Waals surface area contributed by atoms with E-state index in [-0.39, 0.29) is 16.7 Å². The summed E-state index contributed by atoms with van der Waals surface area (Å²) in [6.07, 6.45) is -3.30. The number of aromatic nitrogens is 4. The first-order valence-corrected chi connectivity index (χ1v) is 16.9. The van der Waals surface area contributed by atoms with E-state index in [4.69, 9.17) is 30.1 Å². The highest BCUT2D eigenvalue weighted by Crippen LogP contribution is 2.50. The zero-order chi connectivity index (χ0) is 33.8. The molecule has 0 bridgehead atoms. The molecule has 2 aromatic carbocycles.